The van der Waals surface area contributed by atoms with Gasteiger partial charge in [-0.05, 0) is 38.3 Å². The first-order valence-corrected chi connectivity index (χ1v) is 7.81. The fraction of sp³-hybridized carbons (Fsp3) is 0.583. The van der Waals surface area contributed by atoms with Crippen molar-refractivity contribution >= 4 is 15.5 Å². The zero-order valence-corrected chi connectivity index (χ0v) is 11.0. The fourth-order valence-electron chi connectivity index (χ4n) is 2.44. The Morgan fingerprint density at radius 1 is 1.41 bits per heavy atom. The minimum atomic E-state index is -2.97. The van der Waals surface area contributed by atoms with Gasteiger partial charge in [0.25, 0.3) is 0 Å². The Morgan fingerprint density at radius 2 is 2.18 bits per heavy atom. The summed E-state index contributed by atoms with van der Waals surface area (Å²) in [5.74, 6) is 0. The molecule has 1 aliphatic carbocycles. The Labute approximate surface area is 102 Å². The first-order chi connectivity index (χ1) is 7.98. The predicted molar refractivity (Wildman–Crippen MR) is 68.9 cm³/mol. The van der Waals surface area contributed by atoms with Gasteiger partial charge >= 0.3 is 0 Å². The lowest BCUT2D eigenvalue weighted by Crippen LogP contribution is -2.34. The maximum absolute atomic E-state index is 11.7. The maximum Gasteiger partial charge on any atom is 0.152 e. The molecule has 0 amide bonds. The number of nitrogens with one attached hydrogen (secondary N) is 1. The zero-order chi connectivity index (χ0) is 12.5. The topological polar surface area (TPSA) is 59.1 Å². The number of nitrogens with zero attached hydrogens (tertiary/aromatic N) is 1. The number of hydrogen-bond donors (Lipinski definition) is 1. The van der Waals surface area contributed by atoms with E-state index in [1.54, 1.807) is 6.20 Å². The summed E-state index contributed by atoms with van der Waals surface area (Å²) >= 11 is 0. The van der Waals surface area contributed by atoms with E-state index in [1.807, 2.05) is 19.1 Å². The molecule has 1 N–H and O–H groups in total. The van der Waals surface area contributed by atoms with E-state index in [1.165, 1.54) is 6.26 Å². The van der Waals surface area contributed by atoms with Gasteiger partial charge in [-0.25, -0.2) is 8.42 Å². The highest BCUT2D eigenvalue weighted by Crippen LogP contribution is 2.28. The zero-order valence-electron chi connectivity index (χ0n) is 10.2. The number of hydrogen-bond acceptors (Lipinski definition) is 4. The molecule has 0 spiro atoms. The van der Waals surface area contributed by atoms with Crippen LogP contribution in [-0.4, -0.2) is 30.9 Å². The summed E-state index contributed by atoms with van der Waals surface area (Å²) < 4.78 is 23.3. The van der Waals surface area contributed by atoms with Crippen molar-refractivity contribution < 1.29 is 8.42 Å². The first kappa shape index (κ1) is 12.4. The summed E-state index contributed by atoms with van der Waals surface area (Å²) in [6, 6.07) is 3.83. The van der Waals surface area contributed by atoms with E-state index in [9.17, 15) is 8.42 Å². The van der Waals surface area contributed by atoms with Crippen LogP contribution < -0.4 is 5.32 Å². The molecule has 0 aromatic carbocycles. The molecule has 1 aromatic heterocycles. The molecule has 1 aliphatic rings. The number of rotatable bonds is 3. The standard InChI is InChI=1S/C12H18N2O2S/c1-9-10(6-4-8-13-9)14-11-5-3-7-12(11)17(2,15)16/h4,6,8,11-12,14H,3,5,7H2,1-2H3. The molecule has 2 rings (SSSR count). The number of sulfone groups is 1. The maximum atomic E-state index is 11.7. The molecule has 1 aromatic rings. The third-order valence-electron chi connectivity index (χ3n) is 3.35. The second-order valence-electron chi connectivity index (χ2n) is 4.69. The molecule has 2 atom stereocenters. The van der Waals surface area contributed by atoms with Gasteiger partial charge in [-0.15, -0.1) is 0 Å². The predicted octanol–water partition coefficient (Wildman–Crippen LogP) is 1.77. The highest BCUT2D eigenvalue weighted by molar-refractivity contribution is 7.91. The van der Waals surface area contributed by atoms with Crippen molar-refractivity contribution in [2.75, 3.05) is 11.6 Å². The molecule has 1 saturated carbocycles. The molecule has 2 unspecified atom stereocenters. The van der Waals surface area contributed by atoms with Gasteiger partial charge in [-0.3, -0.25) is 4.98 Å². The van der Waals surface area contributed by atoms with Crippen LogP contribution in [0.5, 0.6) is 0 Å². The van der Waals surface area contributed by atoms with Crippen molar-refractivity contribution in [2.24, 2.45) is 0 Å². The van der Waals surface area contributed by atoms with Crippen LogP contribution in [-0.2, 0) is 9.84 Å². The van der Waals surface area contributed by atoms with Gasteiger partial charge in [0.05, 0.1) is 16.6 Å². The number of anilines is 1. The van der Waals surface area contributed by atoms with E-state index in [-0.39, 0.29) is 11.3 Å². The Balaban J connectivity index is 2.17. The lowest BCUT2D eigenvalue weighted by molar-refractivity contribution is 0.579. The third-order valence-corrected chi connectivity index (χ3v) is 5.01. The number of pyridine rings is 1. The number of aryl methyl sites for hydroxylation is 1. The van der Waals surface area contributed by atoms with Crippen LogP contribution in [0.4, 0.5) is 5.69 Å². The number of aromatic nitrogens is 1. The van der Waals surface area contributed by atoms with Crippen molar-refractivity contribution in [1.29, 1.82) is 0 Å². The van der Waals surface area contributed by atoms with E-state index < -0.39 is 9.84 Å². The first-order valence-electron chi connectivity index (χ1n) is 5.85. The molecule has 0 bridgehead atoms. The summed E-state index contributed by atoms with van der Waals surface area (Å²) in [5, 5.41) is 3.06. The summed E-state index contributed by atoms with van der Waals surface area (Å²) in [4.78, 5) is 4.20. The van der Waals surface area contributed by atoms with E-state index in [2.05, 4.69) is 10.3 Å². The molecule has 1 fully saturated rings. The van der Waals surface area contributed by atoms with Crippen LogP contribution in [0, 0.1) is 6.92 Å². The lowest BCUT2D eigenvalue weighted by atomic mass is 10.2. The Hall–Kier alpha value is -1.10. The van der Waals surface area contributed by atoms with Gasteiger partial charge in [-0.2, -0.15) is 0 Å². The molecule has 17 heavy (non-hydrogen) atoms. The van der Waals surface area contributed by atoms with Gasteiger partial charge in [0.1, 0.15) is 0 Å². The average molecular weight is 254 g/mol. The molecular formula is C12H18N2O2S. The third kappa shape index (κ3) is 2.77. The van der Waals surface area contributed by atoms with Crippen molar-refractivity contribution in [2.45, 2.75) is 37.5 Å². The molecule has 5 heteroatoms. The van der Waals surface area contributed by atoms with Crippen LogP contribution in [0.25, 0.3) is 0 Å². The molecule has 0 radical (unpaired) electrons. The van der Waals surface area contributed by atoms with E-state index in [0.29, 0.717) is 0 Å². The van der Waals surface area contributed by atoms with E-state index in [4.69, 9.17) is 0 Å². The smallest absolute Gasteiger partial charge is 0.152 e. The molecular weight excluding hydrogens is 236 g/mol. The van der Waals surface area contributed by atoms with Crippen molar-refractivity contribution in [3.63, 3.8) is 0 Å². The molecule has 0 aliphatic heterocycles. The highest BCUT2D eigenvalue weighted by atomic mass is 32.2. The van der Waals surface area contributed by atoms with Gasteiger partial charge in [0, 0.05) is 18.5 Å². The minimum Gasteiger partial charge on any atom is -0.380 e. The molecule has 0 saturated heterocycles. The van der Waals surface area contributed by atoms with Crippen LogP contribution >= 0.6 is 0 Å². The minimum absolute atomic E-state index is 0.0212. The lowest BCUT2D eigenvalue weighted by Gasteiger charge is -2.21. The summed E-state index contributed by atoms with van der Waals surface area (Å²) in [7, 11) is -2.97. The molecule has 94 valence electrons. The summed E-state index contributed by atoms with van der Waals surface area (Å²) in [6.45, 7) is 1.92. The van der Waals surface area contributed by atoms with Gasteiger partial charge < -0.3 is 5.32 Å². The Bertz CT molecular complexity index is 499. The van der Waals surface area contributed by atoms with Crippen LogP contribution in [0.3, 0.4) is 0 Å². The second-order valence-corrected chi connectivity index (χ2v) is 6.95. The van der Waals surface area contributed by atoms with Crippen molar-refractivity contribution in [3.8, 4) is 0 Å². The normalized spacial score (nSPS) is 24.8. The van der Waals surface area contributed by atoms with Crippen LogP contribution in [0.2, 0.25) is 0 Å². The van der Waals surface area contributed by atoms with E-state index >= 15 is 0 Å². The van der Waals surface area contributed by atoms with Gasteiger partial charge in [-0.1, -0.05) is 0 Å². The Kier molecular flexibility index (Phi) is 3.38. The van der Waals surface area contributed by atoms with Crippen LogP contribution in [0.1, 0.15) is 25.0 Å². The van der Waals surface area contributed by atoms with Crippen molar-refractivity contribution in [3.05, 3.63) is 24.0 Å². The van der Waals surface area contributed by atoms with Gasteiger partial charge in [0.2, 0.25) is 0 Å². The van der Waals surface area contributed by atoms with E-state index in [0.717, 1.165) is 30.6 Å². The average Bonchev–Trinajstić information content (AvgIpc) is 2.69. The summed E-state index contributed by atoms with van der Waals surface area (Å²) in [5.41, 5.74) is 1.85. The van der Waals surface area contributed by atoms with Gasteiger partial charge in [0.15, 0.2) is 9.84 Å². The summed E-state index contributed by atoms with van der Waals surface area (Å²) in [6.07, 6.45) is 5.70. The fourth-order valence-corrected chi connectivity index (χ4v) is 3.84. The highest BCUT2D eigenvalue weighted by Gasteiger charge is 2.34. The second kappa shape index (κ2) is 4.64. The van der Waals surface area contributed by atoms with Crippen LogP contribution in [0.15, 0.2) is 18.3 Å². The SMILES string of the molecule is Cc1ncccc1NC1CCCC1S(C)(=O)=O. The van der Waals surface area contributed by atoms with Crippen molar-refractivity contribution in [1.82, 2.24) is 4.98 Å². The molecule has 1 heterocycles. The largest absolute Gasteiger partial charge is 0.380 e. The molecule has 4 nitrogen and oxygen atoms in total. The Morgan fingerprint density at radius 3 is 2.82 bits per heavy atom. The quantitative estimate of drug-likeness (QED) is 0.893. The monoisotopic (exact) mass is 254 g/mol.